The fourth-order valence-electron chi connectivity index (χ4n) is 5.17. The molecule has 0 aromatic heterocycles. The first-order valence-corrected chi connectivity index (χ1v) is 11.5. The van der Waals surface area contributed by atoms with Crippen LogP contribution in [0.4, 0.5) is 5.69 Å². The summed E-state index contributed by atoms with van der Waals surface area (Å²) in [4.78, 5) is 45.1. The number of para-hydroxylation sites is 1. The van der Waals surface area contributed by atoms with Gasteiger partial charge in [0.15, 0.2) is 0 Å². The second kappa shape index (κ2) is 8.24. The largest absolute Gasteiger partial charge is 0.339 e. The molecule has 3 heterocycles. The van der Waals surface area contributed by atoms with Gasteiger partial charge in [-0.05, 0) is 31.5 Å². The van der Waals surface area contributed by atoms with Crippen molar-refractivity contribution in [3.8, 4) is 0 Å². The summed E-state index contributed by atoms with van der Waals surface area (Å²) < 4.78 is 0. The number of rotatable bonds is 4. The molecule has 4 aliphatic rings. The van der Waals surface area contributed by atoms with Gasteiger partial charge >= 0.3 is 0 Å². The van der Waals surface area contributed by atoms with E-state index in [-0.39, 0.29) is 41.5 Å². The molecule has 1 N–H and O–H groups in total. The van der Waals surface area contributed by atoms with Crippen molar-refractivity contribution in [2.45, 2.75) is 25.8 Å². The molecule has 1 saturated carbocycles. The molecule has 3 unspecified atom stereocenters. The van der Waals surface area contributed by atoms with E-state index in [1.165, 1.54) is 0 Å². The Balaban J connectivity index is 1.30. The molecule has 3 aliphatic heterocycles. The molecule has 31 heavy (non-hydrogen) atoms. The fourth-order valence-corrected chi connectivity index (χ4v) is 5.17. The Morgan fingerprint density at radius 3 is 2.23 bits per heavy atom. The molecule has 3 amide bonds. The number of nitrogens with zero attached hydrogens (tertiary/aromatic N) is 4. The third kappa shape index (κ3) is 3.83. The van der Waals surface area contributed by atoms with E-state index in [4.69, 9.17) is 0 Å². The van der Waals surface area contributed by atoms with Gasteiger partial charge in [0.2, 0.25) is 17.7 Å². The highest BCUT2D eigenvalue weighted by Gasteiger charge is 2.51. The van der Waals surface area contributed by atoms with Crippen molar-refractivity contribution in [2.24, 2.45) is 17.8 Å². The average molecular weight is 426 g/mol. The number of likely N-dealkylation sites (tertiary alicyclic amines) is 1. The Morgan fingerprint density at radius 1 is 0.968 bits per heavy atom. The number of carbonyl (C=O) groups excluding carboxylic acids is 3. The predicted octanol–water partition coefficient (Wildman–Crippen LogP) is 0.555. The molecule has 8 heteroatoms. The van der Waals surface area contributed by atoms with Crippen molar-refractivity contribution in [3.05, 3.63) is 30.3 Å². The van der Waals surface area contributed by atoms with E-state index in [1.54, 1.807) is 5.01 Å². The van der Waals surface area contributed by atoms with Crippen molar-refractivity contribution < 1.29 is 14.4 Å². The number of amides is 3. The van der Waals surface area contributed by atoms with Gasteiger partial charge in [-0.1, -0.05) is 25.1 Å². The summed E-state index contributed by atoms with van der Waals surface area (Å²) in [5.41, 5.74) is 4.18. The predicted molar refractivity (Wildman–Crippen MR) is 116 cm³/mol. The first kappa shape index (κ1) is 20.5. The topological polar surface area (TPSA) is 76.2 Å². The number of nitrogens with one attached hydrogen (secondary N) is 1. The maximum atomic E-state index is 13.6. The molecule has 1 aliphatic carbocycles. The SMILES string of the molecule is CCN1CC(C(=O)N2CCN(C(=O)C3CC3)CC2)C2NN(c3ccccc3)C(=O)C2C1. The molecule has 0 radical (unpaired) electrons. The number of hydrazine groups is 1. The minimum absolute atomic E-state index is 0.0343. The molecule has 3 atom stereocenters. The lowest BCUT2D eigenvalue weighted by atomic mass is 9.83. The van der Waals surface area contributed by atoms with E-state index in [9.17, 15) is 14.4 Å². The van der Waals surface area contributed by atoms with Crippen LogP contribution in [0.3, 0.4) is 0 Å². The van der Waals surface area contributed by atoms with E-state index in [0.29, 0.717) is 39.3 Å². The van der Waals surface area contributed by atoms with Crippen LogP contribution >= 0.6 is 0 Å². The molecule has 3 saturated heterocycles. The molecule has 166 valence electrons. The summed E-state index contributed by atoms with van der Waals surface area (Å²) in [7, 11) is 0. The van der Waals surface area contributed by atoms with Crippen LogP contribution in [0.25, 0.3) is 0 Å². The van der Waals surface area contributed by atoms with E-state index in [1.807, 2.05) is 40.1 Å². The highest BCUT2D eigenvalue weighted by atomic mass is 16.2. The van der Waals surface area contributed by atoms with Crippen LogP contribution < -0.4 is 10.4 Å². The van der Waals surface area contributed by atoms with Crippen LogP contribution in [-0.2, 0) is 14.4 Å². The van der Waals surface area contributed by atoms with Gasteiger partial charge in [-0.2, -0.15) is 0 Å². The Kier molecular flexibility index (Phi) is 5.44. The molecule has 1 aromatic rings. The van der Waals surface area contributed by atoms with Crippen LogP contribution in [0.1, 0.15) is 19.8 Å². The lowest BCUT2D eigenvalue weighted by molar-refractivity contribution is -0.145. The zero-order valence-electron chi connectivity index (χ0n) is 18.1. The van der Waals surface area contributed by atoms with Crippen molar-refractivity contribution in [3.63, 3.8) is 0 Å². The summed E-state index contributed by atoms with van der Waals surface area (Å²) in [6.07, 6.45) is 2.02. The van der Waals surface area contributed by atoms with E-state index >= 15 is 0 Å². The van der Waals surface area contributed by atoms with Crippen LogP contribution in [0, 0.1) is 17.8 Å². The summed E-state index contributed by atoms with van der Waals surface area (Å²) in [6, 6.07) is 9.37. The summed E-state index contributed by atoms with van der Waals surface area (Å²) >= 11 is 0. The molecular weight excluding hydrogens is 394 g/mol. The van der Waals surface area contributed by atoms with Crippen molar-refractivity contribution in [1.82, 2.24) is 20.1 Å². The number of carbonyl (C=O) groups is 3. The smallest absolute Gasteiger partial charge is 0.247 e. The van der Waals surface area contributed by atoms with Gasteiger partial charge in [-0.25, -0.2) is 10.4 Å². The Labute approximate surface area is 183 Å². The van der Waals surface area contributed by atoms with E-state index in [0.717, 1.165) is 25.1 Å². The molecule has 0 spiro atoms. The minimum atomic E-state index is -0.276. The molecule has 4 fully saturated rings. The van der Waals surface area contributed by atoms with Crippen LogP contribution in [0.2, 0.25) is 0 Å². The lowest BCUT2D eigenvalue weighted by Gasteiger charge is -2.42. The first-order valence-electron chi connectivity index (χ1n) is 11.5. The molecule has 0 bridgehead atoms. The zero-order valence-corrected chi connectivity index (χ0v) is 18.1. The lowest BCUT2D eigenvalue weighted by Crippen LogP contribution is -2.60. The highest BCUT2D eigenvalue weighted by molar-refractivity contribution is 5.98. The second-order valence-electron chi connectivity index (χ2n) is 9.15. The van der Waals surface area contributed by atoms with Gasteiger partial charge in [0.1, 0.15) is 0 Å². The number of benzene rings is 1. The monoisotopic (exact) mass is 425 g/mol. The van der Waals surface area contributed by atoms with Gasteiger partial charge < -0.3 is 14.7 Å². The molecular formula is C23H31N5O3. The third-order valence-corrected chi connectivity index (χ3v) is 7.20. The van der Waals surface area contributed by atoms with Crippen LogP contribution in [-0.4, -0.2) is 84.3 Å². The number of piperazine rings is 1. The minimum Gasteiger partial charge on any atom is -0.339 e. The summed E-state index contributed by atoms with van der Waals surface area (Å²) in [5.74, 6) is 0.0946. The Bertz CT molecular complexity index is 850. The number of piperidine rings is 1. The first-order chi connectivity index (χ1) is 15.1. The van der Waals surface area contributed by atoms with Crippen LogP contribution in [0.5, 0.6) is 0 Å². The Morgan fingerprint density at radius 2 is 1.61 bits per heavy atom. The average Bonchev–Trinajstić information content (AvgIpc) is 3.62. The van der Waals surface area contributed by atoms with Crippen molar-refractivity contribution in [2.75, 3.05) is 50.8 Å². The number of hydrogen-bond acceptors (Lipinski definition) is 5. The maximum absolute atomic E-state index is 13.6. The fraction of sp³-hybridized carbons (Fsp3) is 0.609. The molecule has 5 rings (SSSR count). The number of hydrogen-bond donors (Lipinski definition) is 1. The highest BCUT2D eigenvalue weighted by Crippen LogP contribution is 2.34. The van der Waals surface area contributed by atoms with Crippen molar-refractivity contribution in [1.29, 1.82) is 0 Å². The van der Waals surface area contributed by atoms with E-state index < -0.39 is 0 Å². The maximum Gasteiger partial charge on any atom is 0.247 e. The zero-order chi connectivity index (χ0) is 21.5. The van der Waals surface area contributed by atoms with Gasteiger partial charge in [-0.15, -0.1) is 0 Å². The molecule has 8 nitrogen and oxygen atoms in total. The van der Waals surface area contributed by atoms with E-state index in [2.05, 4.69) is 17.2 Å². The third-order valence-electron chi connectivity index (χ3n) is 7.20. The molecule has 1 aromatic carbocycles. The Hall–Kier alpha value is -2.45. The quantitative estimate of drug-likeness (QED) is 0.763. The normalized spacial score (nSPS) is 29.3. The number of anilines is 1. The van der Waals surface area contributed by atoms with Gasteiger partial charge in [0, 0.05) is 45.2 Å². The number of fused-ring (bicyclic) bond motifs is 1. The van der Waals surface area contributed by atoms with Gasteiger partial charge in [0.25, 0.3) is 0 Å². The standard InChI is InChI=1S/C23H31N5O3/c1-2-25-14-18(22(30)27-12-10-26(11-13-27)21(29)16-8-9-16)20-19(15-25)23(31)28(24-20)17-6-4-3-5-7-17/h3-7,16,18-20,24H,2,8-15H2,1H3. The summed E-state index contributed by atoms with van der Waals surface area (Å²) in [6.45, 7) is 6.59. The van der Waals surface area contributed by atoms with Gasteiger partial charge in [-0.3, -0.25) is 14.4 Å². The summed E-state index contributed by atoms with van der Waals surface area (Å²) in [5, 5.41) is 1.63. The van der Waals surface area contributed by atoms with Crippen LogP contribution in [0.15, 0.2) is 30.3 Å². The second-order valence-corrected chi connectivity index (χ2v) is 9.15. The van der Waals surface area contributed by atoms with Crippen molar-refractivity contribution >= 4 is 23.4 Å². The van der Waals surface area contributed by atoms with Gasteiger partial charge in [0.05, 0.1) is 23.6 Å².